The van der Waals surface area contributed by atoms with Crippen molar-refractivity contribution in [1.29, 1.82) is 0 Å². The summed E-state index contributed by atoms with van der Waals surface area (Å²) >= 11 is 5.77. The molecule has 1 aliphatic carbocycles. The van der Waals surface area contributed by atoms with Crippen molar-refractivity contribution < 1.29 is 4.39 Å². The topological polar surface area (TPSA) is 24.1 Å². The highest BCUT2D eigenvalue weighted by atomic mass is 35.5. The Morgan fingerprint density at radius 3 is 2.81 bits per heavy atom. The standard InChI is InChI=1S/C12H16ClFN2/c1-15-12(7-16-9-3-4-9)8-2-5-11(14)10(13)6-8/h2,5-6,9,12,15-16H,3-4,7H2,1H3. The van der Waals surface area contributed by atoms with Crippen LogP contribution in [0.25, 0.3) is 0 Å². The minimum absolute atomic E-state index is 0.179. The zero-order valence-corrected chi connectivity index (χ0v) is 10.0. The smallest absolute Gasteiger partial charge is 0.141 e. The van der Waals surface area contributed by atoms with E-state index in [9.17, 15) is 4.39 Å². The molecule has 0 aliphatic heterocycles. The van der Waals surface area contributed by atoms with E-state index >= 15 is 0 Å². The molecule has 1 unspecified atom stereocenters. The second-order valence-corrected chi connectivity index (χ2v) is 4.60. The van der Waals surface area contributed by atoms with Gasteiger partial charge in [-0.15, -0.1) is 0 Å². The Hall–Kier alpha value is -0.640. The van der Waals surface area contributed by atoms with Crippen molar-refractivity contribution in [3.63, 3.8) is 0 Å². The maximum absolute atomic E-state index is 13.0. The fourth-order valence-corrected chi connectivity index (χ4v) is 1.88. The Morgan fingerprint density at radius 1 is 1.50 bits per heavy atom. The SMILES string of the molecule is CNC(CNC1CC1)c1ccc(F)c(Cl)c1. The summed E-state index contributed by atoms with van der Waals surface area (Å²) in [5, 5.41) is 6.83. The lowest BCUT2D eigenvalue weighted by Crippen LogP contribution is -2.30. The molecule has 16 heavy (non-hydrogen) atoms. The molecule has 0 spiro atoms. The fraction of sp³-hybridized carbons (Fsp3) is 0.500. The Morgan fingerprint density at radius 2 is 2.25 bits per heavy atom. The number of halogens is 2. The van der Waals surface area contributed by atoms with Gasteiger partial charge in [-0.3, -0.25) is 0 Å². The molecule has 0 amide bonds. The van der Waals surface area contributed by atoms with Gasteiger partial charge in [-0.1, -0.05) is 17.7 Å². The van der Waals surface area contributed by atoms with E-state index in [0.29, 0.717) is 6.04 Å². The molecule has 2 rings (SSSR count). The van der Waals surface area contributed by atoms with Crippen molar-refractivity contribution in [2.24, 2.45) is 0 Å². The monoisotopic (exact) mass is 242 g/mol. The van der Waals surface area contributed by atoms with Gasteiger partial charge in [0.25, 0.3) is 0 Å². The van der Waals surface area contributed by atoms with Crippen LogP contribution in [0.4, 0.5) is 4.39 Å². The van der Waals surface area contributed by atoms with Crippen molar-refractivity contribution in [1.82, 2.24) is 10.6 Å². The van der Waals surface area contributed by atoms with Gasteiger partial charge in [0, 0.05) is 18.6 Å². The highest BCUT2D eigenvalue weighted by Gasteiger charge is 2.22. The molecule has 1 aromatic carbocycles. The van der Waals surface area contributed by atoms with Crippen molar-refractivity contribution in [3.8, 4) is 0 Å². The Bertz CT molecular complexity index is 366. The van der Waals surface area contributed by atoms with Gasteiger partial charge in [0.1, 0.15) is 5.82 Å². The summed E-state index contributed by atoms with van der Waals surface area (Å²) in [7, 11) is 1.90. The third kappa shape index (κ3) is 2.94. The Labute approximate surface area is 100 Å². The summed E-state index contributed by atoms with van der Waals surface area (Å²) in [6.45, 7) is 0.850. The van der Waals surface area contributed by atoms with E-state index in [-0.39, 0.29) is 16.9 Å². The van der Waals surface area contributed by atoms with Gasteiger partial charge in [0.05, 0.1) is 5.02 Å². The molecule has 88 valence electrons. The van der Waals surface area contributed by atoms with E-state index in [1.54, 1.807) is 12.1 Å². The van der Waals surface area contributed by atoms with Gasteiger partial charge in [0.15, 0.2) is 0 Å². The molecule has 1 aliphatic rings. The first kappa shape index (κ1) is 11.8. The molecule has 0 saturated heterocycles. The van der Waals surface area contributed by atoms with Crippen LogP contribution >= 0.6 is 11.6 Å². The lowest BCUT2D eigenvalue weighted by molar-refractivity contribution is 0.524. The molecule has 0 aromatic heterocycles. The lowest BCUT2D eigenvalue weighted by atomic mass is 10.1. The summed E-state index contributed by atoms with van der Waals surface area (Å²) in [6, 6.07) is 5.73. The number of nitrogens with one attached hydrogen (secondary N) is 2. The summed E-state index contributed by atoms with van der Waals surface area (Å²) in [4.78, 5) is 0. The minimum Gasteiger partial charge on any atom is -0.312 e. The molecule has 0 bridgehead atoms. The van der Waals surface area contributed by atoms with Gasteiger partial charge in [-0.2, -0.15) is 0 Å². The number of hydrogen-bond donors (Lipinski definition) is 2. The number of rotatable bonds is 5. The van der Waals surface area contributed by atoms with Gasteiger partial charge in [-0.25, -0.2) is 4.39 Å². The van der Waals surface area contributed by atoms with Gasteiger partial charge < -0.3 is 10.6 Å². The van der Waals surface area contributed by atoms with E-state index in [1.807, 2.05) is 7.05 Å². The zero-order valence-electron chi connectivity index (χ0n) is 9.26. The van der Waals surface area contributed by atoms with E-state index in [1.165, 1.54) is 18.9 Å². The molecule has 1 atom stereocenters. The molecule has 0 heterocycles. The molecule has 2 nitrogen and oxygen atoms in total. The quantitative estimate of drug-likeness (QED) is 0.829. The zero-order chi connectivity index (χ0) is 11.5. The normalized spacial score (nSPS) is 17.4. The van der Waals surface area contributed by atoms with Crippen LogP contribution in [0.1, 0.15) is 24.4 Å². The molecule has 2 N–H and O–H groups in total. The Balaban J connectivity index is 2.02. The maximum atomic E-state index is 13.0. The van der Waals surface area contributed by atoms with Crippen LogP contribution in [0.15, 0.2) is 18.2 Å². The van der Waals surface area contributed by atoms with Crippen molar-refractivity contribution >= 4 is 11.6 Å². The molecular formula is C12H16ClFN2. The predicted octanol–water partition coefficient (Wildman–Crippen LogP) is 2.49. The average molecular weight is 243 g/mol. The second kappa shape index (κ2) is 5.13. The van der Waals surface area contributed by atoms with Crippen LogP contribution in [0.5, 0.6) is 0 Å². The third-order valence-electron chi connectivity index (χ3n) is 2.88. The van der Waals surface area contributed by atoms with E-state index in [2.05, 4.69) is 10.6 Å². The molecule has 1 saturated carbocycles. The molecule has 1 aromatic rings. The molecule has 0 radical (unpaired) electrons. The van der Waals surface area contributed by atoms with Gasteiger partial charge in [-0.05, 0) is 37.6 Å². The van der Waals surface area contributed by atoms with E-state index in [4.69, 9.17) is 11.6 Å². The molecular weight excluding hydrogens is 227 g/mol. The van der Waals surface area contributed by atoms with Crippen LogP contribution in [-0.4, -0.2) is 19.6 Å². The first-order chi connectivity index (χ1) is 7.70. The summed E-state index contributed by atoms with van der Waals surface area (Å²) in [6.07, 6.45) is 2.53. The highest BCUT2D eigenvalue weighted by molar-refractivity contribution is 6.30. The predicted molar refractivity (Wildman–Crippen MR) is 64.2 cm³/mol. The van der Waals surface area contributed by atoms with E-state index < -0.39 is 0 Å². The number of hydrogen-bond acceptors (Lipinski definition) is 2. The number of likely N-dealkylation sites (N-methyl/N-ethyl adjacent to an activating group) is 1. The van der Waals surface area contributed by atoms with Crippen LogP contribution in [0.3, 0.4) is 0 Å². The Kier molecular flexibility index (Phi) is 3.79. The van der Waals surface area contributed by atoms with Crippen LogP contribution < -0.4 is 10.6 Å². The van der Waals surface area contributed by atoms with Crippen LogP contribution in [0.2, 0.25) is 5.02 Å². The van der Waals surface area contributed by atoms with Crippen LogP contribution in [-0.2, 0) is 0 Å². The second-order valence-electron chi connectivity index (χ2n) is 4.20. The van der Waals surface area contributed by atoms with E-state index in [0.717, 1.165) is 12.1 Å². The summed E-state index contributed by atoms with van der Waals surface area (Å²) in [5.41, 5.74) is 1.02. The highest BCUT2D eigenvalue weighted by Crippen LogP contribution is 2.22. The number of benzene rings is 1. The third-order valence-corrected chi connectivity index (χ3v) is 3.17. The fourth-order valence-electron chi connectivity index (χ4n) is 1.69. The van der Waals surface area contributed by atoms with Crippen LogP contribution in [0, 0.1) is 5.82 Å². The molecule has 4 heteroatoms. The average Bonchev–Trinajstić information content (AvgIpc) is 3.08. The van der Waals surface area contributed by atoms with Crippen molar-refractivity contribution in [2.75, 3.05) is 13.6 Å². The first-order valence-corrected chi connectivity index (χ1v) is 5.94. The summed E-state index contributed by atoms with van der Waals surface area (Å²) in [5.74, 6) is -0.365. The largest absolute Gasteiger partial charge is 0.312 e. The van der Waals surface area contributed by atoms with Crippen molar-refractivity contribution in [3.05, 3.63) is 34.6 Å². The van der Waals surface area contributed by atoms with Crippen molar-refractivity contribution in [2.45, 2.75) is 24.9 Å². The summed E-state index contributed by atoms with van der Waals surface area (Å²) < 4.78 is 13.0. The lowest BCUT2D eigenvalue weighted by Gasteiger charge is -2.17. The van der Waals surface area contributed by atoms with Gasteiger partial charge in [0.2, 0.25) is 0 Å². The molecule has 1 fully saturated rings. The maximum Gasteiger partial charge on any atom is 0.141 e. The first-order valence-electron chi connectivity index (χ1n) is 5.56. The minimum atomic E-state index is -0.365. The van der Waals surface area contributed by atoms with Gasteiger partial charge >= 0.3 is 0 Å².